The number of hydrogen-bond acceptors (Lipinski definition) is 4. The van der Waals surface area contributed by atoms with Crippen molar-refractivity contribution in [2.75, 3.05) is 18.7 Å². The second kappa shape index (κ2) is 4.30. The van der Waals surface area contributed by atoms with Crippen molar-refractivity contribution in [3.8, 4) is 11.5 Å². The minimum Gasteiger partial charge on any atom is -0.454 e. The minimum atomic E-state index is -0.312. The Hall–Kier alpha value is -1.91. The third kappa shape index (κ3) is 2.18. The molecule has 0 aromatic heterocycles. The van der Waals surface area contributed by atoms with Crippen molar-refractivity contribution < 1.29 is 14.3 Å². The van der Waals surface area contributed by atoms with E-state index in [-0.39, 0.29) is 18.6 Å². The molecule has 0 saturated heterocycles. The number of amides is 1. The Morgan fingerprint density at radius 2 is 2.25 bits per heavy atom. The van der Waals surface area contributed by atoms with E-state index in [0.29, 0.717) is 6.54 Å². The number of carbonyl (C=O) groups is 1. The zero-order valence-corrected chi connectivity index (χ0v) is 9.03. The van der Waals surface area contributed by atoms with Crippen LogP contribution in [0.25, 0.3) is 0 Å². The van der Waals surface area contributed by atoms with Crippen LogP contribution >= 0.6 is 0 Å². The van der Waals surface area contributed by atoms with Crippen molar-refractivity contribution in [1.29, 1.82) is 0 Å². The first kappa shape index (κ1) is 10.6. The van der Waals surface area contributed by atoms with E-state index in [2.05, 4.69) is 5.32 Å². The molecule has 1 aliphatic rings. The molecule has 1 aromatic rings. The lowest BCUT2D eigenvalue weighted by atomic mass is 10.1. The molecular formula is C11H14N2O3. The van der Waals surface area contributed by atoms with Gasteiger partial charge in [0.1, 0.15) is 0 Å². The predicted octanol–water partition coefficient (Wildman–Crippen LogP) is 0.949. The summed E-state index contributed by atoms with van der Waals surface area (Å²) in [7, 11) is 0. The van der Waals surface area contributed by atoms with Gasteiger partial charge in [-0.25, -0.2) is 0 Å². The fourth-order valence-electron chi connectivity index (χ4n) is 1.38. The quantitative estimate of drug-likeness (QED) is 0.795. The summed E-state index contributed by atoms with van der Waals surface area (Å²) in [6.45, 7) is 2.55. The highest BCUT2D eigenvalue weighted by Crippen LogP contribution is 2.34. The maximum absolute atomic E-state index is 10.8. The topological polar surface area (TPSA) is 73.6 Å². The third-order valence-corrected chi connectivity index (χ3v) is 2.47. The summed E-state index contributed by atoms with van der Waals surface area (Å²) in [6.07, 6.45) is 0. The Kier molecular flexibility index (Phi) is 2.85. The normalized spacial score (nSPS) is 14.6. The van der Waals surface area contributed by atoms with Gasteiger partial charge < -0.3 is 20.5 Å². The number of nitrogens with two attached hydrogens (primary N) is 1. The van der Waals surface area contributed by atoms with Crippen LogP contribution in [0.2, 0.25) is 0 Å². The Bertz CT molecular complexity index is 406. The molecule has 2 rings (SSSR count). The summed E-state index contributed by atoms with van der Waals surface area (Å²) in [4.78, 5) is 10.8. The van der Waals surface area contributed by atoms with Gasteiger partial charge in [-0.1, -0.05) is 6.92 Å². The van der Waals surface area contributed by atoms with Crippen molar-refractivity contribution in [2.45, 2.75) is 6.92 Å². The van der Waals surface area contributed by atoms with Gasteiger partial charge in [0.2, 0.25) is 12.7 Å². The van der Waals surface area contributed by atoms with Crippen LogP contribution in [0, 0.1) is 5.92 Å². The number of anilines is 1. The number of fused-ring (bicyclic) bond motifs is 1. The van der Waals surface area contributed by atoms with Crippen molar-refractivity contribution in [3.63, 3.8) is 0 Å². The Morgan fingerprint density at radius 3 is 3.00 bits per heavy atom. The monoisotopic (exact) mass is 222 g/mol. The molecule has 86 valence electrons. The molecule has 3 N–H and O–H groups in total. The van der Waals surface area contributed by atoms with Gasteiger partial charge in [-0.3, -0.25) is 4.79 Å². The van der Waals surface area contributed by atoms with Gasteiger partial charge in [-0.05, 0) is 12.1 Å². The molecule has 0 aliphatic carbocycles. The van der Waals surface area contributed by atoms with Crippen LogP contribution in [0.1, 0.15) is 6.92 Å². The fraction of sp³-hybridized carbons (Fsp3) is 0.364. The van der Waals surface area contributed by atoms with E-state index in [1.807, 2.05) is 18.2 Å². The van der Waals surface area contributed by atoms with Gasteiger partial charge >= 0.3 is 0 Å². The highest BCUT2D eigenvalue weighted by atomic mass is 16.7. The average Bonchev–Trinajstić information content (AvgIpc) is 2.72. The maximum Gasteiger partial charge on any atom is 0.231 e. The molecule has 0 saturated carbocycles. The molecule has 16 heavy (non-hydrogen) atoms. The number of carbonyl (C=O) groups excluding carboxylic acids is 1. The summed E-state index contributed by atoms with van der Waals surface area (Å²) < 4.78 is 10.4. The standard InChI is InChI=1S/C11H14N2O3/c1-7(11(12)14)5-13-8-2-3-9-10(4-8)16-6-15-9/h2-4,7,13H,5-6H2,1H3,(H2,12,14). The molecule has 0 radical (unpaired) electrons. The van der Waals surface area contributed by atoms with E-state index in [9.17, 15) is 4.79 Å². The van der Waals surface area contributed by atoms with Crippen LogP contribution in [0.3, 0.4) is 0 Å². The van der Waals surface area contributed by atoms with E-state index >= 15 is 0 Å². The van der Waals surface area contributed by atoms with E-state index in [0.717, 1.165) is 17.2 Å². The van der Waals surface area contributed by atoms with Crippen molar-refractivity contribution in [2.24, 2.45) is 11.7 Å². The molecule has 5 heteroatoms. The molecule has 1 atom stereocenters. The Balaban J connectivity index is 1.98. The van der Waals surface area contributed by atoms with Crippen molar-refractivity contribution in [3.05, 3.63) is 18.2 Å². The summed E-state index contributed by atoms with van der Waals surface area (Å²) in [6, 6.07) is 5.55. The van der Waals surface area contributed by atoms with E-state index in [1.165, 1.54) is 0 Å². The number of rotatable bonds is 4. The van der Waals surface area contributed by atoms with Crippen LogP contribution in [-0.4, -0.2) is 19.2 Å². The molecular weight excluding hydrogens is 208 g/mol. The Labute approximate surface area is 93.5 Å². The molecule has 1 aliphatic heterocycles. The largest absolute Gasteiger partial charge is 0.454 e. The summed E-state index contributed by atoms with van der Waals surface area (Å²) in [5, 5.41) is 3.12. The van der Waals surface area contributed by atoms with Gasteiger partial charge in [0.05, 0.1) is 5.92 Å². The number of ether oxygens (including phenoxy) is 2. The van der Waals surface area contributed by atoms with Gasteiger partial charge in [-0.2, -0.15) is 0 Å². The van der Waals surface area contributed by atoms with E-state index < -0.39 is 0 Å². The average molecular weight is 222 g/mol. The van der Waals surface area contributed by atoms with Crippen molar-refractivity contribution >= 4 is 11.6 Å². The molecule has 1 amide bonds. The number of benzene rings is 1. The molecule has 0 spiro atoms. The number of hydrogen-bond donors (Lipinski definition) is 2. The molecule has 1 aromatic carbocycles. The Morgan fingerprint density at radius 1 is 1.50 bits per heavy atom. The van der Waals surface area contributed by atoms with Gasteiger partial charge in [0.25, 0.3) is 0 Å². The lowest BCUT2D eigenvalue weighted by molar-refractivity contribution is -0.120. The lowest BCUT2D eigenvalue weighted by Crippen LogP contribution is -2.26. The van der Waals surface area contributed by atoms with Gasteiger partial charge in [0.15, 0.2) is 11.5 Å². The van der Waals surface area contributed by atoms with E-state index in [4.69, 9.17) is 15.2 Å². The van der Waals surface area contributed by atoms with Crippen LogP contribution in [-0.2, 0) is 4.79 Å². The number of nitrogens with one attached hydrogen (secondary N) is 1. The van der Waals surface area contributed by atoms with Crippen molar-refractivity contribution in [1.82, 2.24) is 0 Å². The molecule has 1 unspecified atom stereocenters. The first-order chi connectivity index (χ1) is 7.66. The van der Waals surface area contributed by atoms with Crippen LogP contribution in [0.4, 0.5) is 5.69 Å². The maximum atomic E-state index is 10.8. The minimum absolute atomic E-state index is 0.203. The third-order valence-electron chi connectivity index (χ3n) is 2.47. The first-order valence-corrected chi connectivity index (χ1v) is 5.09. The zero-order chi connectivity index (χ0) is 11.5. The zero-order valence-electron chi connectivity index (χ0n) is 9.03. The molecule has 0 fully saturated rings. The first-order valence-electron chi connectivity index (χ1n) is 5.09. The molecule has 1 heterocycles. The smallest absolute Gasteiger partial charge is 0.231 e. The predicted molar refractivity (Wildman–Crippen MR) is 59.4 cm³/mol. The molecule has 5 nitrogen and oxygen atoms in total. The van der Waals surface area contributed by atoms with E-state index in [1.54, 1.807) is 6.92 Å². The van der Waals surface area contributed by atoms with Crippen LogP contribution in [0.5, 0.6) is 11.5 Å². The summed E-state index contributed by atoms with van der Waals surface area (Å²) in [5.41, 5.74) is 6.05. The van der Waals surface area contributed by atoms with Gasteiger partial charge in [0, 0.05) is 18.3 Å². The highest BCUT2D eigenvalue weighted by Gasteiger charge is 2.14. The lowest BCUT2D eigenvalue weighted by Gasteiger charge is -2.10. The molecule has 0 bridgehead atoms. The SMILES string of the molecule is CC(CNc1ccc2c(c1)OCO2)C(N)=O. The summed E-state index contributed by atoms with van der Waals surface area (Å²) >= 11 is 0. The highest BCUT2D eigenvalue weighted by molar-refractivity contribution is 5.76. The van der Waals surface area contributed by atoms with Crippen LogP contribution in [0.15, 0.2) is 18.2 Å². The number of primary amides is 1. The summed E-state index contributed by atoms with van der Waals surface area (Å²) in [5.74, 6) is 0.948. The van der Waals surface area contributed by atoms with Gasteiger partial charge in [-0.15, -0.1) is 0 Å². The van der Waals surface area contributed by atoms with Crippen LogP contribution < -0.4 is 20.5 Å². The second-order valence-electron chi connectivity index (χ2n) is 3.75. The second-order valence-corrected chi connectivity index (χ2v) is 3.75. The fourth-order valence-corrected chi connectivity index (χ4v) is 1.38.